The summed E-state index contributed by atoms with van der Waals surface area (Å²) >= 11 is 0. The molecule has 88 heavy (non-hydrogen) atoms. The van der Waals surface area contributed by atoms with Crippen molar-refractivity contribution >= 4 is 59.7 Å². The third-order valence-electron chi connectivity index (χ3n) is 22.9. The Morgan fingerprint density at radius 3 is 1.65 bits per heavy atom. The highest BCUT2D eigenvalue weighted by molar-refractivity contribution is 5.82. The van der Waals surface area contributed by atoms with Crippen LogP contribution >= 0.6 is 0 Å². The molecule has 0 amide bonds. The van der Waals surface area contributed by atoms with Gasteiger partial charge in [0.15, 0.2) is 0 Å². The van der Waals surface area contributed by atoms with Gasteiger partial charge in [-0.15, -0.1) is 0 Å². The molecule has 12 aliphatic rings. The van der Waals surface area contributed by atoms with E-state index in [1.165, 1.54) is 0 Å². The number of carbonyl (C=O) groups excluding carboxylic acids is 10. The van der Waals surface area contributed by atoms with Gasteiger partial charge in [-0.25, -0.2) is 0 Å². The molecule has 0 spiro atoms. The smallest absolute Gasteiger partial charge is 0.312 e. The molecule has 7 aliphatic carbocycles. The molecule has 12 fully saturated rings. The van der Waals surface area contributed by atoms with E-state index in [2.05, 4.69) is 0 Å². The Morgan fingerprint density at radius 1 is 0.523 bits per heavy atom. The van der Waals surface area contributed by atoms with Gasteiger partial charge in [-0.1, -0.05) is 48.5 Å². The minimum absolute atomic E-state index is 0.0148. The summed E-state index contributed by atoms with van der Waals surface area (Å²) in [5.74, 6) is -0.240. The first-order valence-electron chi connectivity index (χ1n) is 33.2. The highest BCUT2D eigenvalue weighted by atomic mass is 16.6. The Labute approximate surface area is 520 Å². The van der Waals surface area contributed by atoms with Gasteiger partial charge in [0, 0.05) is 42.9 Å². The van der Waals surface area contributed by atoms with Crippen molar-refractivity contribution in [2.24, 2.45) is 80.3 Å². The maximum Gasteiger partial charge on any atom is 0.312 e. The molecule has 10 bridgehead atoms. The van der Waals surface area contributed by atoms with Gasteiger partial charge in [-0.05, 0) is 159 Å². The molecule has 21 unspecified atom stereocenters. The van der Waals surface area contributed by atoms with E-state index < -0.39 is 21.8 Å². The van der Waals surface area contributed by atoms with Crippen LogP contribution in [0.4, 0.5) is 0 Å². The van der Waals surface area contributed by atoms with Gasteiger partial charge in [-0.2, -0.15) is 0 Å². The Morgan fingerprint density at radius 2 is 1.07 bits per heavy atom. The molecular formula is C68H102O20. The zero-order valence-electron chi connectivity index (χ0n) is 55.3. The molecule has 21 atom stereocenters. The first-order chi connectivity index (χ1) is 41.1. The molecule has 20 nitrogen and oxygen atoms in total. The third kappa shape index (κ3) is 13.7. The predicted molar refractivity (Wildman–Crippen MR) is 315 cm³/mol. The number of ether oxygens (including phenoxy) is 10. The van der Waals surface area contributed by atoms with Crippen LogP contribution in [-0.2, 0) is 95.3 Å². The van der Waals surface area contributed by atoms with Crippen LogP contribution in [0.2, 0.25) is 0 Å². The largest absolute Gasteiger partial charge is 0.458 e. The minimum atomic E-state index is -0.647. The van der Waals surface area contributed by atoms with Gasteiger partial charge in [-0.3, -0.25) is 47.9 Å². The summed E-state index contributed by atoms with van der Waals surface area (Å²) in [5, 5.41) is 0. The summed E-state index contributed by atoms with van der Waals surface area (Å²) in [7, 11) is 0. The van der Waals surface area contributed by atoms with Crippen LogP contribution in [0.25, 0.3) is 0 Å². The van der Waals surface area contributed by atoms with E-state index in [0.717, 1.165) is 89.9 Å². The lowest BCUT2D eigenvalue weighted by Gasteiger charge is -2.38. The standard InChI is InChI=1S/C14H20O4.2C14H22O4.C13H18O4.C13H20O4/c1-4-7(2)12(15)17-10-8-5-9-11(10)18-13(16)14(9,3)6-8;1-5-13(2,3)11(15)17-9-6-7-14(4)8-10(9)18-12(14)16;1-5-13(2,3)12(16)18-14(4)7-6-9-8-10(14)17-11(9)15;1-3-6(2)12(14)16-10-7-4-8-9(5-7)13(15)17-11(8)10;1-4-13(2,3)12(15)17-9-6-5-8-7-10(9)16-11(8)14/h7-11H,4-6H2,1-3H3;2*9-10H,5-8H2,1-4H3;6-11H,3-5H2,1-2H3;8-10H,4-7H2,1-3H3. The number of rotatable bonds is 15. The van der Waals surface area contributed by atoms with E-state index in [0.29, 0.717) is 43.4 Å². The van der Waals surface area contributed by atoms with E-state index in [1.54, 1.807) is 0 Å². The van der Waals surface area contributed by atoms with Gasteiger partial charge < -0.3 is 47.4 Å². The fraction of sp³-hybridized carbons (Fsp3) is 0.853. The number of carbonyl (C=O) groups is 10. The normalized spacial score (nSPS) is 38.5. The molecule has 0 radical (unpaired) electrons. The Bertz CT molecular complexity index is 2680. The number of hydrogen-bond donors (Lipinski definition) is 0. The highest BCUT2D eigenvalue weighted by Gasteiger charge is 2.70. The SMILES string of the molecule is CCC(C)(C)C(=O)OC1(C)CCC2CC1OC2=O.CCC(C)(C)C(=O)OC1CCC2(C)CC1OC2=O.CCC(C)(C)C(=O)OC1CCC2CC1OC2=O.CCC(C)C(=O)OC1C2CC3C(=O)OC1C3C2.CCC(C)C(=O)OC1C2CC3C1OC(=O)C3(C)C2. The van der Waals surface area contributed by atoms with Crippen LogP contribution in [0.3, 0.4) is 0 Å². The van der Waals surface area contributed by atoms with E-state index in [1.807, 2.05) is 111 Å². The van der Waals surface area contributed by atoms with Crippen LogP contribution in [-0.4, -0.2) is 120 Å². The van der Waals surface area contributed by atoms with Gasteiger partial charge >= 0.3 is 59.7 Å². The second-order valence-electron chi connectivity index (χ2n) is 30.4. The molecule has 0 N–H and O–H groups in total. The Kier molecular flexibility index (Phi) is 20.4. The van der Waals surface area contributed by atoms with E-state index in [-0.39, 0.29) is 161 Å². The van der Waals surface area contributed by atoms with Crippen LogP contribution in [0, 0.1) is 80.3 Å². The lowest BCUT2D eigenvalue weighted by Crippen LogP contribution is -2.47. The van der Waals surface area contributed by atoms with Crippen molar-refractivity contribution in [2.45, 2.75) is 287 Å². The number of hydrogen-bond acceptors (Lipinski definition) is 20. The third-order valence-corrected chi connectivity index (χ3v) is 22.9. The molecule has 5 saturated heterocycles. The molecule has 12 rings (SSSR count). The monoisotopic (exact) mass is 1240 g/mol. The van der Waals surface area contributed by atoms with Crippen LogP contribution < -0.4 is 0 Å². The second-order valence-corrected chi connectivity index (χ2v) is 30.4. The highest BCUT2D eigenvalue weighted by Crippen LogP contribution is 2.62. The topological polar surface area (TPSA) is 263 Å². The van der Waals surface area contributed by atoms with Crippen LogP contribution in [0.1, 0.15) is 226 Å². The van der Waals surface area contributed by atoms with Crippen molar-refractivity contribution in [1.82, 2.24) is 0 Å². The van der Waals surface area contributed by atoms with Crippen molar-refractivity contribution in [2.75, 3.05) is 0 Å². The Hall–Kier alpha value is -5.30. The van der Waals surface area contributed by atoms with Crippen LogP contribution in [0.15, 0.2) is 0 Å². The molecule has 7 saturated carbocycles. The van der Waals surface area contributed by atoms with Crippen molar-refractivity contribution in [3.63, 3.8) is 0 Å². The van der Waals surface area contributed by atoms with Crippen molar-refractivity contribution in [3.8, 4) is 0 Å². The molecule has 5 heterocycles. The molecular weight excluding hydrogens is 1140 g/mol. The van der Waals surface area contributed by atoms with Gasteiger partial charge in [0.1, 0.15) is 60.5 Å². The summed E-state index contributed by atoms with van der Waals surface area (Å²) in [6.07, 6.45) is 12.0. The van der Waals surface area contributed by atoms with E-state index in [9.17, 15) is 47.9 Å². The molecule has 0 aromatic rings. The Balaban J connectivity index is 0.000000142. The first kappa shape index (κ1) is 68.6. The summed E-state index contributed by atoms with van der Waals surface area (Å²) < 4.78 is 54.6. The average Bonchev–Trinajstić information content (AvgIpc) is 1.56. The predicted octanol–water partition coefficient (Wildman–Crippen LogP) is 10.4. The zero-order chi connectivity index (χ0) is 65.0. The summed E-state index contributed by atoms with van der Waals surface area (Å²) in [6, 6.07) is 0. The lowest BCUT2D eigenvalue weighted by molar-refractivity contribution is -0.186. The lowest BCUT2D eigenvalue weighted by atomic mass is 9.75. The van der Waals surface area contributed by atoms with Crippen LogP contribution in [0.5, 0.6) is 0 Å². The summed E-state index contributed by atoms with van der Waals surface area (Å²) in [4.78, 5) is 118. The minimum Gasteiger partial charge on any atom is -0.458 e. The molecule has 5 aliphatic heterocycles. The molecule has 0 aromatic heterocycles. The fourth-order valence-corrected chi connectivity index (χ4v) is 14.5. The quantitative estimate of drug-likeness (QED) is 0.109. The summed E-state index contributed by atoms with van der Waals surface area (Å²) in [6.45, 7) is 30.7. The van der Waals surface area contributed by atoms with Crippen molar-refractivity contribution in [1.29, 1.82) is 0 Å². The first-order valence-corrected chi connectivity index (χ1v) is 33.2. The second kappa shape index (κ2) is 26.1. The number of esters is 10. The summed E-state index contributed by atoms with van der Waals surface area (Å²) in [5.41, 5.74) is -2.72. The van der Waals surface area contributed by atoms with E-state index in [4.69, 9.17) is 47.4 Å². The molecule has 20 heteroatoms. The zero-order valence-corrected chi connectivity index (χ0v) is 55.3. The molecule has 494 valence electrons. The number of fused-ring (bicyclic) bond motifs is 8. The maximum atomic E-state index is 12.2. The maximum absolute atomic E-state index is 12.2. The molecule has 0 aromatic carbocycles. The van der Waals surface area contributed by atoms with Gasteiger partial charge in [0.05, 0.1) is 56.7 Å². The average molecular weight is 1240 g/mol. The van der Waals surface area contributed by atoms with Crippen molar-refractivity contribution in [3.05, 3.63) is 0 Å². The fourth-order valence-electron chi connectivity index (χ4n) is 14.5. The van der Waals surface area contributed by atoms with Gasteiger partial charge in [0.25, 0.3) is 0 Å². The van der Waals surface area contributed by atoms with Gasteiger partial charge in [0.2, 0.25) is 0 Å². The van der Waals surface area contributed by atoms with Crippen molar-refractivity contribution < 1.29 is 95.3 Å². The van der Waals surface area contributed by atoms with E-state index >= 15 is 0 Å².